The molecule has 8 heteroatoms. The van der Waals surface area contributed by atoms with Crippen LogP contribution in [0.4, 0.5) is 10.1 Å². The Morgan fingerprint density at radius 1 is 1.32 bits per heavy atom. The summed E-state index contributed by atoms with van der Waals surface area (Å²) in [6, 6.07) is 8.39. The number of pyridine rings is 1. The molecule has 0 radical (unpaired) electrons. The fourth-order valence-corrected chi connectivity index (χ4v) is 3.63. The molecule has 2 aromatic rings. The number of amides is 2. The fraction of sp³-hybridized carbons (Fsp3) is 0.350. The molecule has 1 aromatic heterocycles. The van der Waals surface area contributed by atoms with E-state index >= 15 is 0 Å². The highest BCUT2D eigenvalue weighted by molar-refractivity contribution is 5.94. The summed E-state index contributed by atoms with van der Waals surface area (Å²) in [6.07, 6.45) is 1.39. The van der Waals surface area contributed by atoms with Gasteiger partial charge in [-0.3, -0.25) is 14.5 Å². The number of benzene rings is 1. The smallest absolute Gasteiger partial charge is 0.238 e. The molecule has 28 heavy (non-hydrogen) atoms. The second-order valence-corrected chi connectivity index (χ2v) is 7.00. The molecule has 3 heterocycles. The quantitative estimate of drug-likeness (QED) is 0.759. The maximum absolute atomic E-state index is 14.0. The molecule has 1 fully saturated rings. The molecule has 0 unspecified atom stereocenters. The minimum Gasteiger partial charge on any atom is -0.490 e. The predicted molar refractivity (Wildman–Crippen MR) is 101 cm³/mol. The van der Waals surface area contributed by atoms with Gasteiger partial charge in [0.05, 0.1) is 18.3 Å². The van der Waals surface area contributed by atoms with Gasteiger partial charge in [0.15, 0.2) is 0 Å². The molecule has 1 saturated heterocycles. The van der Waals surface area contributed by atoms with E-state index in [-0.39, 0.29) is 24.4 Å². The van der Waals surface area contributed by atoms with Gasteiger partial charge in [-0.2, -0.15) is 4.39 Å². The monoisotopic (exact) mass is 384 g/mol. The Morgan fingerprint density at radius 3 is 2.96 bits per heavy atom. The van der Waals surface area contributed by atoms with E-state index in [1.165, 1.54) is 6.20 Å². The fourth-order valence-electron chi connectivity index (χ4n) is 3.63. The maximum atomic E-state index is 14.0. The Kier molecular flexibility index (Phi) is 4.95. The minimum atomic E-state index is -0.570. The number of carbonyl (C=O) groups is 2. The van der Waals surface area contributed by atoms with Crippen LogP contribution in [-0.2, 0) is 9.59 Å². The third-order valence-corrected chi connectivity index (χ3v) is 5.15. The number of nitrogens with one attached hydrogen (secondary N) is 1. The zero-order valence-corrected chi connectivity index (χ0v) is 15.5. The summed E-state index contributed by atoms with van der Waals surface area (Å²) in [4.78, 5) is 31.8. The third kappa shape index (κ3) is 3.68. The number of rotatable bonds is 1. The van der Waals surface area contributed by atoms with Crippen LogP contribution in [0.2, 0.25) is 0 Å². The molecule has 2 amide bonds. The number of aromatic nitrogens is 1. The van der Waals surface area contributed by atoms with Crippen LogP contribution in [0.3, 0.4) is 0 Å². The van der Waals surface area contributed by atoms with Gasteiger partial charge in [0.1, 0.15) is 12.4 Å². The number of halogens is 1. The lowest BCUT2D eigenvalue weighted by atomic mass is 10.1. The first-order valence-electron chi connectivity index (χ1n) is 9.18. The minimum absolute atomic E-state index is 0.0208. The zero-order chi connectivity index (χ0) is 19.7. The summed E-state index contributed by atoms with van der Waals surface area (Å²) in [5, 5.41) is 2.87. The lowest BCUT2D eigenvalue weighted by molar-refractivity contribution is -0.132. The molecule has 2 aliphatic heterocycles. The molecule has 2 aliphatic rings. The predicted octanol–water partition coefficient (Wildman–Crippen LogP) is 1.75. The number of anilines is 1. The van der Waals surface area contributed by atoms with Crippen molar-refractivity contribution in [2.24, 2.45) is 0 Å². The lowest BCUT2D eigenvalue weighted by Gasteiger charge is -2.40. The topological polar surface area (TPSA) is 74.8 Å². The molecule has 7 nitrogen and oxygen atoms in total. The van der Waals surface area contributed by atoms with Crippen LogP contribution in [0, 0.1) is 5.95 Å². The molecule has 0 aliphatic carbocycles. The van der Waals surface area contributed by atoms with Gasteiger partial charge in [-0.05, 0) is 29.8 Å². The van der Waals surface area contributed by atoms with Gasteiger partial charge in [-0.25, -0.2) is 4.98 Å². The van der Waals surface area contributed by atoms with E-state index in [4.69, 9.17) is 4.74 Å². The molecule has 4 rings (SSSR count). The van der Waals surface area contributed by atoms with Crippen molar-refractivity contribution in [1.29, 1.82) is 0 Å². The third-order valence-electron chi connectivity index (χ3n) is 5.15. The Balaban J connectivity index is 1.62. The van der Waals surface area contributed by atoms with Crippen molar-refractivity contribution in [3.8, 4) is 16.9 Å². The Labute approximate surface area is 162 Å². The number of carbonyl (C=O) groups excluding carboxylic acids is 2. The number of piperazine rings is 1. The standard InChI is InChI=1S/C20H21FN4O3/c1-13(26)24-7-8-25-11-19(27)23-17-9-14(16-3-2-6-22-20(16)21)4-5-18(17)28-12-15(25)10-24/h2-6,9,15H,7-8,10-12H2,1H3,(H,23,27)/t15-/m1/s1. The number of ether oxygens (including phenoxy) is 1. The molecule has 0 bridgehead atoms. The first kappa shape index (κ1) is 18.4. The van der Waals surface area contributed by atoms with Crippen LogP contribution in [0.5, 0.6) is 5.75 Å². The van der Waals surface area contributed by atoms with E-state index in [0.29, 0.717) is 48.8 Å². The van der Waals surface area contributed by atoms with Crippen molar-refractivity contribution in [1.82, 2.24) is 14.8 Å². The van der Waals surface area contributed by atoms with Gasteiger partial charge >= 0.3 is 0 Å². The molecular formula is C20H21FN4O3. The van der Waals surface area contributed by atoms with Crippen LogP contribution in [0.15, 0.2) is 36.5 Å². The molecular weight excluding hydrogens is 363 g/mol. The Bertz CT molecular complexity index is 920. The molecule has 1 aromatic carbocycles. The van der Waals surface area contributed by atoms with Gasteiger partial charge in [-0.1, -0.05) is 6.07 Å². The van der Waals surface area contributed by atoms with E-state index in [1.54, 1.807) is 42.2 Å². The van der Waals surface area contributed by atoms with Crippen molar-refractivity contribution in [2.45, 2.75) is 13.0 Å². The second kappa shape index (κ2) is 7.55. The van der Waals surface area contributed by atoms with E-state index in [2.05, 4.69) is 10.3 Å². The van der Waals surface area contributed by atoms with Crippen molar-refractivity contribution in [2.75, 3.05) is 38.1 Å². The first-order chi connectivity index (χ1) is 13.5. The molecule has 0 saturated carbocycles. The number of nitrogens with zero attached hydrogens (tertiary/aromatic N) is 3. The highest BCUT2D eigenvalue weighted by Crippen LogP contribution is 2.32. The number of fused-ring (bicyclic) bond motifs is 2. The summed E-state index contributed by atoms with van der Waals surface area (Å²) >= 11 is 0. The SMILES string of the molecule is CC(=O)N1CCN2CC(=O)Nc3cc(-c4cccnc4F)ccc3OC[C@H]2C1. The van der Waals surface area contributed by atoms with Gasteiger partial charge in [-0.15, -0.1) is 0 Å². The molecule has 146 valence electrons. The van der Waals surface area contributed by atoms with Gasteiger partial charge in [0.2, 0.25) is 17.8 Å². The van der Waals surface area contributed by atoms with Crippen molar-refractivity contribution in [3.05, 3.63) is 42.5 Å². The zero-order valence-electron chi connectivity index (χ0n) is 15.5. The molecule has 1 atom stereocenters. The highest BCUT2D eigenvalue weighted by Gasteiger charge is 2.31. The van der Waals surface area contributed by atoms with Gasteiger partial charge in [0.25, 0.3) is 0 Å². The normalized spacial score (nSPS) is 20.0. The van der Waals surface area contributed by atoms with Crippen LogP contribution in [0.1, 0.15) is 6.92 Å². The average molecular weight is 384 g/mol. The second-order valence-electron chi connectivity index (χ2n) is 7.00. The average Bonchev–Trinajstić information content (AvgIpc) is 2.74. The van der Waals surface area contributed by atoms with E-state index < -0.39 is 5.95 Å². The largest absolute Gasteiger partial charge is 0.490 e. The number of hydrogen-bond acceptors (Lipinski definition) is 5. The van der Waals surface area contributed by atoms with E-state index in [0.717, 1.165) is 0 Å². The van der Waals surface area contributed by atoms with Crippen LogP contribution < -0.4 is 10.1 Å². The lowest BCUT2D eigenvalue weighted by Crippen LogP contribution is -2.57. The Morgan fingerprint density at radius 2 is 2.18 bits per heavy atom. The summed E-state index contributed by atoms with van der Waals surface area (Å²) < 4.78 is 20.0. The van der Waals surface area contributed by atoms with Crippen LogP contribution in [0.25, 0.3) is 11.1 Å². The molecule has 1 N–H and O–H groups in total. The summed E-state index contributed by atoms with van der Waals surface area (Å²) in [6.45, 7) is 3.85. The van der Waals surface area contributed by atoms with Gasteiger partial charge in [0, 0.05) is 38.3 Å². The van der Waals surface area contributed by atoms with Crippen molar-refractivity contribution in [3.63, 3.8) is 0 Å². The van der Waals surface area contributed by atoms with Crippen LogP contribution >= 0.6 is 0 Å². The maximum Gasteiger partial charge on any atom is 0.238 e. The van der Waals surface area contributed by atoms with Crippen molar-refractivity contribution >= 4 is 17.5 Å². The first-order valence-corrected chi connectivity index (χ1v) is 9.18. The van der Waals surface area contributed by atoms with Crippen LogP contribution in [-0.4, -0.2) is 65.4 Å². The number of hydrogen-bond donors (Lipinski definition) is 1. The molecule has 0 spiro atoms. The Hall–Kier alpha value is -3.00. The van der Waals surface area contributed by atoms with E-state index in [1.807, 2.05) is 4.90 Å². The summed E-state index contributed by atoms with van der Waals surface area (Å²) in [5.74, 6) is -0.202. The summed E-state index contributed by atoms with van der Waals surface area (Å²) in [7, 11) is 0. The van der Waals surface area contributed by atoms with Crippen molar-refractivity contribution < 1.29 is 18.7 Å². The summed E-state index contributed by atoms with van der Waals surface area (Å²) in [5.41, 5.74) is 1.45. The van der Waals surface area contributed by atoms with Gasteiger partial charge < -0.3 is 15.0 Å². The highest BCUT2D eigenvalue weighted by atomic mass is 19.1. The van der Waals surface area contributed by atoms with E-state index in [9.17, 15) is 14.0 Å².